The molecule has 2 aromatic carbocycles. The van der Waals surface area contributed by atoms with Crippen LogP contribution in [0.3, 0.4) is 0 Å². The van der Waals surface area contributed by atoms with Crippen molar-refractivity contribution >= 4 is 17.4 Å². The molecule has 1 unspecified atom stereocenters. The third-order valence-electron chi connectivity index (χ3n) is 3.11. The molecule has 0 N–H and O–H groups in total. The summed E-state index contributed by atoms with van der Waals surface area (Å²) in [5.41, 5.74) is 2.77. The lowest BCUT2D eigenvalue weighted by atomic mass is 10.1. The number of thioether (sulfide) groups is 1. The van der Waals surface area contributed by atoms with Crippen molar-refractivity contribution in [1.82, 2.24) is 0 Å². The van der Waals surface area contributed by atoms with Gasteiger partial charge in [-0.25, -0.2) is 0 Å². The molecule has 0 radical (unpaired) electrons. The predicted molar refractivity (Wildman–Crippen MR) is 75.4 cm³/mol. The second-order valence-corrected chi connectivity index (χ2v) is 5.41. The third-order valence-corrected chi connectivity index (χ3v) is 4.39. The van der Waals surface area contributed by atoms with Gasteiger partial charge >= 0.3 is 0 Å². The van der Waals surface area contributed by atoms with Crippen LogP contribution in [-0.4, -0.2) is 12.4 Å². The van der Waals surface area contributed by atoms with E-state index in [-0.39, 0.29) is 0 Å². The van der Waals surface area contributed by atoms with Gasteiger partial charge in [-0.05, 0) is 17.7 Å². The monoisotopic (exact) mass is 241 g/mol. The molecule has 0 spiro atoms. The molecule has 2 aromatic rings. The minimum Gasteiger partial charge on any atom is -0.361 e. The lowest BCUT2D eigenvalue weighted by molar-refractivity contribution is 0.892. The molecule has 0 bridgehead atoms. The highest BCUT2D eigenvalue weighted by Crippen LogP contribution is 2.38. The summed E-state index contributed by atoms with van der Waals surface area (Å²) in [6, 6.07) is 21.5. The summed E-state index contributed by atoms with van der Waals surface area (Å²) in [6.07, 6.45) is 0. The summed E-state index contributed by atoms with van der Waals surface area (Å²) in [5.74, 6) is 1.09. The topological polar surface area (TPSA) is 3.24 Å². The highest BCUT2D eigenvalue weighted by molar-refractivity contribution is 7.99. The van der Waals surface area contributed by atoms with Gasteiger partial charge in [0.2, 0.25) is 0 Å². The molecule has 0 aliphatic carbocycles. The van der Waals surface area contributed by atoms with E-state index in [1.54, 1.807) is 0 Å². The summed E-state index contributed by atoms with van der Waals surface area (Å²) in [7, 11) is 0. The molecule has 0 amide bonds. The van der Waals surface area contributed by atoms with Gasteiger partial charge in [-0.15, -0.1) is 11.8 Å². The molecule has 0 aromatic heterocycles. The maximum absolute atomic E-state index is 2.45. The fourth-order valence-electron chi connectivity index (χ4n) is 2.17. The molecular formula is C15H15NS. The zero-order valence-electron chi connectivity index (χ0n) is 9.62. The van der Waals surface area contributed by atoms with Gasteiger partial charge < -0.3 is 4.90 Å². The zero-order valence-corrected chi connectivity index (χ0v) is 10.4. The zero-order chi connectivity index (χ0) is 11.5. The normalized spacial score (nSPS) is 19.5. The minimum atomic E-state index is 0.608. The van der Waals surface area contributed by atoms with Crippen LogP contribution in [0.1, 0.15) is 10.8 Å². The van der Waals surface area contributed by atoms with Crippen molar-refractivity contribution in [1.29, 1.82) is 0 Å². The average Bonchev–Trinajstić information content (AvgIpc) is 2.90. The molecule has 0 saturated carbocycles. The third kappa shape index (κ3) is 2.32. The Kier molecular flexibility index (Phi) is 3.06. The van der Waals surface area contributed by atoms with Crippen molar-refractivity contribution in [2.75, 3.05) is 17.3 Å². The lowest BCUT2D eigenvalue weighted by Crippen LogP contribution is -2.18. The van der Waals surface area contributed by atoms with Crippen molar-refractivity contribution < 1.29 is 0 Å². The minimum absolute atomic E-state index is 0.608. The molecule has 3 rings (SSSR count). The maximum Gasteiger partial charge on any atom is 0.0646 e. The Morgan fingerprint density at radius 2 is 1.53 bits per heavy atom. The first kappa shape index (κ1) is 10.7. The number of para-hydroxylation sites is 1. The molecule has 1 saturated heterocycles. The Hall–Kier alpha value is -1.41. The van der Waals surface area contributed by atoms with Crippen LogP contribution in [-0.2, 0) is 0 Å². The lowest BCUT2D eigenvalue weighted by Gasteiger charge is -2.17. The Labute approximate surface area is 106 Å². The SMILES string of the molecule is c1ccc(C2CN(c3ccccc3)CS2)cc1. The molecule has 1 atom stereocenters. The number of anilines is 1. The van der Waals surface area contributed by atoms with E-state index >= 15 is 0 Å². The van der Waals surface area contributed by atoms with Crippen LogP contribution in [0.25, 0.3) is 0 Å². The first-order chi connectivity index (χ1) is 8.43. The average molecular weight is 241 g/mol. The van der Waals surface area contributed by atoms with Gasteiger partial charge in [0, 0.05) is 17.5 Å². The van der Waals surface area contributed by atoms with Gasteiger partial charge in [0.1, 0.15) is 0 Å². The molecule has 1 heterocycles. The van der Waals surface area contributed by atoms with Crippen molar-refractivity contribution in [3.8, 4) is 0 Å². The summed E-state index contributed by atoms with van der Waals surface area (Å²) < 4.78 is 0. The fraction of sp³-hybridized carbons (Fsp3) is 0.200. The van der Waals surface area contributed by atoms with Gasteiger partial charge in [0.15, 0.2) is 0 Å². The smallest absolute Gasteiger partial charge is 0.0646 e. The van der Waals surface area contributed by atoms with Crippen LogP contribution in [0.2, 0.25) is 0 Å². The molecule has 1 aliphatic rings. The van der Waals surface area contributed by atoms with E-state index in [2.05, 4.69) is 65.6 Å². The van der Waals surface area contributed by atoms with Gasteiger partial charge in [0.25, 0.3) is 0 Å². The molecular weight excluding hydrogens is 226 g/mol. The Bertz CT molecular complexity index is 423. The van der Waals surface area contributed by atoms with Crippen LogP contribution in [0, 0.1) is 0 Å². The Morgan fingerprint density at radius 1 is 0.882 bits per heavy atom. The van der Waals surface area contributed by atoms with Gasteiger partial charge in [-0.1, -0.05) is 48.5 Å². The number of hydrogen-bond donors (Lipinski definition) is 0. The van der Waals surface area contributed by atoms with Gasteiger partial charge in [-0.3, -0.25) is 0 Å². The van der Waals surface area contributed by atoms with Crippen LogP contribution < -0.4 is 4.90 Å². The number of benzene rings is 2. The van der Waals surface area contributed by atoms with Gasteiger partial charge in [0.05, 0.1) is 5.88 Å². The summed E-state index contributed by atoms with van der Waals surface area (Å²) in [4.78, 5) is 2.45. The van der Waals surface area contributed by atoms with Crippen molar-refractivity contribution in [2.24, 2.45) is 0 Å². The fourth-order valence-corrected chi connectivity index (χ4v) is 3.42. The Morgan fingerprint density at radius 3 is 2.24 bits per heavy atom. The van der Waals surface area contributed by atoms with E-state index in [0.29, 0.717) is 5.25 Å². The second-order valence-electron chi connectivity index (χ2n) is 4.25. The molecule has 17 heavy (non-hydrogen) atoms. The molecule has 2 heteroatoms. The summed E-state index contributed by atoms with van der Waals surface area (Å²) >= 11 is 2.02. The second kappa shape index (κ2) is 4.84. The van der Waals surface area contributed by atoms with Crippen LogP contribution in [0.15, 0.2) is 60.7 Å². The van der Waals surface area contributed by atoms with Crippen molar-refractivity contribution in [3.63, 3.8) is 0 Å². The summed E-state index contributed by atoms with van der Waals surface area (Å²) in [6.45, 7) is 1.11. The predicted octanol–water partition coefficient (Wildman–Crippen LogP) is 3.94. The number of hydrogen-bond acceptors (Lipinski definition) is 2. The summed E-state index contributed by atoms with van der Waals surface area (Å²) in [5, 5.41) is 0.608. The molecule has 1 aliphatic heterocycles. The number of nitrogens with zero attached hydrogens (tertiary/aromatic N) is 1. The van der Waals surface area contributed by atoms with Crippen molar-refractivity contribution in [2.45, 2.75) is 5.25 Å². The Balaban J connectivity index is 1.75. The van der Waals surface area contributed by atoms with E-state index in [4.69, 9.17) is 0 Å². The quantitative estimate of drug-likeness (QED) is 0.783. The molecule has 86 valence electrons. The van der Waals surface area contributed by atoms with Crippen LogP contribution in [0.4, 0.5) is 5.69 Å². The first-order valence-electron chi connectivity index (χ1n) is 5.90. The molecule has 1 nitrogen and oxygen atoms in total. The van der Waals surface area contributed by atoms with E-state index in [0.717, 1.165) is 12.4 Å². The van der Waals surface area contributed by atoms with Gasteiger partial charge in [-0.2, -0.15) is 0 Å². The highest BCUT2D eigenvalue weighted by Gasteiger charge is 2.24. The van der Waals surface area contributed by atoms with Crippen molar-refractivity contribution in [3.05, 3.63) is 66.2 Å². The van der Waals surface area contributed by atoms with E-state index in [1.165, 1.54) is 11.3 Å². The van der Waals surface area contributed by atoms with Crippen LogP contribution >= 0.6 is 11.8 Å². The highest BCUT2D eigenvalue weighted by atomic mass is 32.2. The van der Waals surface area contributed by atoms with Crippen LogP contribution in [0.5, 0.6) is 0 Å². The first-order valence-corrected chi connectivity index (χ1v) is 6.95. The number of rotatable bonds is 2. The molecule has 1 fully saturated rings. The van der Waals surface area contributed by atoms with E-state index in [9.17, 15) is 0 Å². The van der Waals surface area contributed by atoms with E-state index < -0.39 is 0 Å². The standard InChI is InChI=1S/C15H15NS/c1-3-7-13(8-4-1)15-11-16(12-17-15)14-9-5-2-6-10-14/h1-10,15H,11-12H2. The maximum atomic E-state index is 2.45. The van der Waals surface area contributed by atoms with E-state index in [1.807, 2.05) is 11.8 Å². The largest absolute Gasteiger partial charge is 0.361 e.